The zero-order valence-electron chi connectivity index (χ0n) is 22.4. The molecule has 2 saturated heterocycles. The molecule has 0 aliphatic carbocycles. The van der Waals surface area contributed by atoms with Gasteiger partial charge in [-0.2, -0.15) is 0 Å². The van der Waals surface area contributed by atoms with E-state index in [1.54, 1.807) is 29.5 Å². The minimum atomic E-state index is -0.754. The van der Waals surface area contributed by atoms with E-state index in [4.69, 9.17) is 4.74 Å². The standard InChI is InChI=1S/C30H36N4O4S/c1-19-18-39-29(32-19)26-11-7-13-34(26)30(37)22-15-21(16-23(17-22)38-2)28(36)33-25(14-20-8-4-3-5-9-20)27(35)24-10-6-12-31-24/h3-5,8-9,15-18,24-27,31,35H,6-7,10-14H2,1-2H3,(H,33,36)/t24-,25+,26+,27+/m0/s1. The van der Waals surface area contributed by atoms with Crippen molar-refractivity contribution >= 4 is 23.2 Å². The van der Waals surface area contributed by atoms with Crippen molar-refractivity contribution < 1.29 is 19.4 Å². The summed E-state index contributed by atoms with van der Waals surface area (Å²) in [7, 11) is 1.52. The van der Waals surface area contributed by atoms with Crippen LogP contribution in [0.3, 0.4) is 0 Å². The highest BCUT2D eigenvalue weighted by Crippen LogP contribution is 2.35. The van der Waals surface area contributed by atoms with Gasteiger partial charge in [-0.05, 0) is 69.3 Å². The number of methoxy groups -OCH3 is 1. The molecule has 39 heavy (non-hydrogen) atoms. The highest BCUT2D eigenvalue weighted by molar-refractivity contribution is 7.09. The first kappa shape index (κ1) is 27.3. The molecule has 0 saturated carbocycles. The number of rotatable bonds is 9. The van der Waals surface area contributed by atoms with Gasteiger partial charge in [-0.3, -0.25) is 9.59 Å². The van der Waals surface area contributed by atoms with E-state index >= 15 is 0 Å². The maximum atomic E-state index is 13.7. The minimum absolute atomic E-state index is 0.0658. The third-order valence-electron chi connectivity index (χ3n) is 7.62. The van der Waals surface area contributed by atoms with Crippen LogP contribution < -0.4 is 15.4 Å². The molecule has 3 heterocycles. The normalized spacial score (nSPS) is 20.5. The van der Waals surface area contributed by atoms with Crippen molar-refractivity contribution in [2.75, 3.05) is 20.2 Å². The summed E-state index contributed by atoms with van der Waals surface area (Å²) in [6.45, 7) is 3.45. The number of ether oxygens (including phenoxy) is 1. The number of nitrogens with one attached hydrogen (secondary N) is 2. The third-order valence-corrected chi connectivity index (χ3v) is 8.69. The number of nitrogens with zero attached hydrogens (tertiary/aromatic N) is 2. The molecular weight excluding hydrogens is 512 g/mol. The van der Waals surface area contributed by atoms with Gasteiger partial charge in [0, 0.05) is 34.8 Å². The molecule has 2 aliphatic heterocycles. The maximum absolute atomic E-state index is 13.7. The van der Waals surface area contributed by atoms with Gasteiger partial charge in [0.2, 0.25) is 0 Å². The quantitative estimate of drug-likeness (QED) is 0.375. The van der Waals surface area contributed by atoms with Gasteiger partial charge in [0.15, 0.2) is 0 Å². The van der Waals surface area contributed by atoms with Crippen molar-refractivity contribution in [3.63, 3.8) is 0 Å². The smallest absolute Gasteiger partial charge is 0.254 e. The van der Waals surface area contributed by atoms with Crippen molar-refractivity contribution in [2.45, 2.75) is 63.3 Å². The second-order valence-electron chi connectivity index (χ2n) is 10.4. The molecule has 1 aromatic heterocycles. The monoisotopic (exact) mass is 548 g/mol. The number of hydrogen-bond acceptors (Lipinski definition) is 7. The molecule has 3 aromatic rings. The lowest BCUT2D eigenvalue weighted by molar-refractivity contribution is 0.0733. The van der Waals surface area contributed by atoms with Gasteiger partial charge < -0.3 is 25.4 Å². The van der Waals surface area contributed by atoms with Crippen LogP contribution in [0.4, 0.5) is 0 Å². The third kappa shape index (κ3) is 6.32. The molecule has 206 valence electrons. The predicted molar refractivity (Wildman–Crippen MR) is 151 cm³/mol. The van der Waals surface area contributed by atoms with Crippen LogP contribution in [0.5, 0.6) is 5.75 Å². The molecule has 0 radical (unpaired) electrons. The number of carbonyl (C=O) groups is 2. The number of carbonyl (C=O) groups excluding carboxylic acids is 2. The highest BCUT2D eigenvalue weighted by Gasteiger charge is 2.34. The molecule has 5 rings (SSSR count). The summed E-state index contributed by atoms with van der Waals surface area (Å²) in [5.41, 5.74) is 2.70. The lowest BCUT2D eigenvalue weighted by atomic mass is 9.95. The first-order valence-electron chi connectivity index (χ1n) is 13.6. The summed E-state index contributed by atoms with van der Waals surface area (Å²) in [4.78, 5) is 33.8. The second-order valence-corrected chi connectivity index (χ2v) is 11.3. The summed E-state index contributed by atoms with van der Waals surface area (Å²) < 4.78 is 5.48. The summed E-state index contributed by atoms with van der Waals surface area (Å²) in [6, 6.07) is 14.1. The van der Waals surface area contributed by atoms with Crippen molar-refractivity contribution in [3.8, 4) is 5.75 Å². The van der Waals surface area contributed by atoms with E-state index in [1.165, 1.54) is 7.11 Å². The summed E-state index contributed by atoms with van der Waals surface area (Å²) in [6.07, 6.45) is 3.36. The van der Waals surface area contributed by atoms with Crippen LogP contribution >= 0.6 is 11.3 Å². The van der Waals surface area contributed by atoms with Crippen LogP contribution in [-0.2, 0) is 6.42 Å². The van der Waals surface area contributed by atoms with Gasteiger partial charge in [0.05, 0.1) is 25.3 Å². The first-order valence-corrected chi connectivity index (χ1v) is 14.5. The Bertz CT molecular complexity index is 1290. The van der Waals surface area contributed by atoms with E-state index in [1.807, 2.05) is 47.5 Å². The van der Waals surface area contributed by atoms with E-state index in [-0.39, 0.29) is 23.9 Å². The zero-order chi connectivity index (χ0) is 27.4. The Morgan fingerprint density at radius 1 is 1.18 bits per heavy atom. The SMILES string of the molecule is COc1cc(C(=O)N[C@H](Cc2ccccc2)[C@H](O)[C@@H]2CCCN2)cc(C(=O)N2CCC[C@@H]2c2nc(C)cs2)c1. The molecule has 2 amide bonds. The highest BCUT2D eigenvalue weighted by atomic mass is 32.1. The Balaban J connectivity index is 1.38. The average molecular weight is 549 g/mol. The number of likely N-dealkylation sites (tertiary alicyclic amines) is 1. The Morgan fingerprint density at radius 2 is 1.97 bits per heavy atom. The van der Waals surface area contributed by atoms with Crippen molar-refractivity contribution in [1.29, 1.82) is 0 Å². The number of aliphatic hydroxyl groups is 1. The Morgan fingerprint density at radius 3 is 2.67 bits per heavy atom. The molecule has 0 bridgehead atoms. The van der Waals surface area contributed by atoms with E-state index in [9.17, 15) is 14.7 Å². The molecule has 2 aliphatic rings. The van der Waals surface area contributed by atoms with E-state index in [2.05, 4.69) is 15.6 Å². The van der Waals surface area contributed by atoms with Gasteiger partial charge in [-0.1, -0.05) is 30.3 Å². The molecule has 8 nitrogen and oxygen atoms in total. The predicted octanol–water partition coefficient (Wildman–Crippen LogP) is 3.89. The zero-order valence-corrected chi connectivity index (χ0v) is 23.2. The summed E-state index contributed by atoms with van der Waals surface area (Å²) >= 11 is 1.58. The molecule has 0 unspecified atom stereocenters. The van der Waals surface area contributed by atoms with Crippen LogP contribution in [0.2, 0.25) is 0 Å². The molecule has 0 spiro atoms. The molecular formula is C30H36N4O4S. The Hall–Kier alpha value is -3.27. The lowest BCUT2D eigenvalue weighted by Gasteiger charge is -2.29. The van der Waals surface area contributed by atoms with Crippen LogP contribution in [0, 0.1) is 6.92 Å². The number of aromatic nitrogens is 1. The maximum Gasteiger partial charge on any atom is 0.254 e. The minimum Gasteiger partial charge on any atom is -0.497 e. The molecule has 2 fully saturated rings. The second kappa shape index (κ2) is 12.3. The number of benzene rings is 2. The van der Waals surface area contributed by atoms with E-state index in [0.717, 1.165) is 48.5 Å². The molecule has 4 atom stereocenters. The fourth-order valence-corrected chi connectivity index (χ4v) is 6.53. The Labute approximate surface area is 233 Å². The summed E-state index contributed by atoms with van der Waals surface area (Å²) in [5.74, 6) is -0.0618. The van der Waals surface area contributed by atoms with E-state index in [0.29, 0.717) is 29.8 Å². The largest absolute Gasteiger partial charge is 0.497 e. The van der Waals surface area contributed by atoms with Gasteiger partial charge >= 0.3 is 0 Å². The van der Waals surface area contributed by atoms with Crippen molar-refractivity contribution in [2.24, 2.45) is 0 Å². The van der Waals surface area contributed by atoms with Gasteiger partial charge in [-0.25, -0.2) is 4.98 Å². The van der Waals surface area contributed by atoms with E-state index < -0.39 is 12.1 Å². The average Bonchev–Trinajstić information content (AvgIpc) is 3.74. The van der Waals surface area contributed by atoms with Crippen LogP contribution in [0.25, 0.3) is 0 Å². The number of aryl methyl sites for hydroxylation is 1. The topological polar surface area (TPSA) is 104 Å². The molecule has 2 aromatic carbocycles. The fourth-order valence-electron chi connectivity index (χ4n) is 5.59. The number of hydrogen-bond donors (Lipinski definition) is 3. The first-order chi connectivity index (χ1) is 18.9. The number of aliphatic hydroxyl groups excluding tert-OH is 1. The van der Waals surface area contributed by atoms with Crippen LogP contribution in [0.1, 0.15) is 68.7 Å². The lowest BCUT2D eigenvalue weighted by Crippen LogP contribution is -2.52. The Kier molecular flexibility index (Phi) is 8.60. The fraction of sp³-hybridized carbons (Fsp3) is 0.433. The molecule has 3 N–H and O–H groups in total. The van der Waals surface area contributed by atoms with Crippen LogP contribution in [-0.4, -0.2) is 65.2 Å². The van der Waals surface area contributed by atoms with Gasteiger partial charge in [-0.15, -0.1) is 11.3 Å². The van der Waals surface area contributed by atoms with Crippen molar-refractivity contribution in [3.05, 3.63) is 81.3 Å². The van der Waals surface area contributed by atoms with Crippen LogP contribution in [0.15, 0.2) is 53.9 Å². The molecule has 9 heteroatoms. The van der Waals surface area contributed by atoms with Gasteiger partial charge in [0.1, 0.15) is 10.8 Å². The van der Waals surface area contributed by atoms with Crippen molar-refractivity contribution in [1.82, 2.24) is 20.5 Å². The van der Waals surface area contributed by atoms with Gasteiger partial charge in [0.25, 0.3) is 11.8 Å². The number of thiazole rings is 1. The summed E-state index contributed by atoms with van der Waals surface area (Å²) in [5, 5.41) is 20.6. The number of amides is 2.